The Labute approximate surface area is 106 Å². The summed E-state index contributed by atoms with van der Waals surface area (Å²) < 4.78 is 38.9. The van der Waals surface area contributed by atoms with Crippen LogP contribution < -0.4 is 0 Å². The maximum atomic E-state index is 12.9. The second-order valence-corrected chi connectivity index (χ2v) is 5.37. The third kappa shape index (κ3) is 1.78. The van der Waals surface area contributed by atoms with Crippen LogP contribution in [0.4, 0.5) is 3.89 Å². The van der Waals surface area contributed by atoms with Gasteiger partial charge in [-0.25, -0.2) is 9.59 Å². The lowest BCUT2D eigenvalue weighted by Crippen LogP contribution is -1.96. The lowest BCUT2D eigenvalue weighted by molar-refractivity contribution is 0.0444. The first kappa shape index (κ1) is 11.8. The molecule has 5 nitrogen and oxygen atoms in total. The van der Waals surface area contributed by atoms with Gasteiger partial charge in [-0.2, -0.15) is 8.42 Å². The fourth-order valence-electron chi connectivity index (χ4n) is 1.96. The van der Waals surface area contributed by atoms with Gasteiger partial charge in [0.05, 0.1) is 16.0 Å². The highest BCUT2D eigenvalue weighted by atomic mass is 32.3. The Kier molecular flexibility index (Phi) is 2.24. The molecule has 7 heteroatoms. The van der Waals surface area contributed by atoms with Crippen LogP contribution in [0.25, 0.3) is 10.8 Å². The minimum absolute atomic E-state index is 0.0471. The summed E-state index contributed by atoms with van der Waals surface area (Å²) in [6.07, 6.45) is 0. The van der Waals surface area contributed by atoms with E-state index in [9.17, 15) is 21.9 Å². The van der Waals surface area contributed by atoms with E-state index in [1.54, 1.807) is 0 Å². The Balaban J connectivity index is 2.32. The Morgan fingerprint density at radius 1 is 0.895 bits per heavy atom. The molecule has 3 rings (SSSR count). The van der Waals surface area contributed by atoms with E-state index in [4.69, 9.17) is 0 Å². The summed E-state index contributed by atoms with van der Waals surface area (Å²) in [6, 6.07) is 6.27. The molecule has 0 N–H and O–H groups in total. The van der Waals surface area contributed by atoms with Crippen LogP contribution in [-0.4, -0.2) is 20.4 Å². The average molecular weight is 280 g/mol. The lowest BCUT2D eigenvalue weighted by atomic mass is 10.0. The highest BCUT2D eigenvalue weighted by molar-refractivity contribution is 7.86. The van der Waals surface area contributed by atoms with E-state index < -0.39 is 27.1 Å². The van der Waals surface area contributed by atoms with Crippen molar-refractivity contribution in [3.63, 3.8) is 0 Å². The molecule has 0 fully saturated rings. The SMILES string of the molecule is O=C1OC(=O)c2cc3cc(S(=O)(=O)F)ccc3cc21. The largest absolute Gasteiger partial charge is 0.386 e. The third-order valence-electron chi connectivity index (χ3n) is 2.85. The number of benzene rings is 2. The predicted molar refractivity (Wildman–Crippen MR) is 62.0 cm³/mol. The number of halogens is 1. The summed E-state index contributed by atoms with van der Waals surface area (Å²) in [5.41, 5.74) is 0.166. The normalized spacial score (nSPS) is 14.6. The molecule has 2 aromatic rings. The van der Waals surface area contributed by atoms with Gasteiger partial charge >= 0.3 is 22.2 Å². The molecule has 1 aliphatic rings. The van der Waals surface area contributed by atoms with Gasteiger partial charge in [-0.05, 0) is 35.0 Å². The second kappa shape index (κ2) is 3.61. The number of cyclic esters (lactones) is 2. The van der Waals surface area contributed by atoms with Crippen LogP contribution >= 0.6 is 0 Å². The van der Waals surface area contributed by atoms with E-state index >= 15 is 0 Å². The van der Waals surface area contributed by atoms with Gasteiger partial charge in [-0.15, -0.1) is 3.89 Å². The predicted octanol–water partition coefficient (Wildman–Crippen LogP) is 1.81. The van der Waals surface area contributed by atoms with Crippen molar-refractivity contribution in [3.8, 4) is 0 Å². The van der Waals surface area contributed by atoms with Crippen LogP contribution in [0.3, 0.4) is 0 Å². The van der Waals surface area contributed by atoms with Gasteiger partial charge in [0, 0.05) is 0 Å². The first-order valence-electron chi connectivity index (χ1n) is 5.15. The zero-order valence-electron chi connectivity index (χ0n) is 9.21. The molecule has 0 saturated heterocycles. The number of ether oxygens (including phenoxy) is 1. The Hall–Kier alpha value is -2.28. The molecule has 2 aromatic carbocycles. The monoisotopic (exact) mass is 280 g/mol. The number of carbonyl (C=O) groups excluding carboxylic acids is 2. The molecule has 0 unspecified atom stereocenters. The Morgan fingerprint density at radius 2 is 1.47 bits per heavy atom. The summed E-state index contributed by atoms with van der Waals surface area (Å²) in [6.45, 7) is 0. The lowest BCUT2D eigenvalue weighted by Gasteiger charge is -2.01. The third-order valence-corrected chi connectivity index (χ3v) is 3.67. The number of rotatable bonds is 1. The zero-order valence-corrected chi connectivity index (χ0v) is 10.0. The minimum Gasteiger partial charge on any atom is -0.386 e. The van der Waals surface area contributed by atoms with Crippen molar-refractivity contribution in [1.82, 2.24) is 0 Å². The molecule has 0 aromatic heterocycles. The van der Waals surface area contributed by atoms with Gasteiger partial charge in [0.25, 0.3) is 0 Å². The average Bonchev–Trinajstić information content (AvgIpc) is 2.60. The molecular formula is C12H5FO5S. The smallest absolute Gasteiger partial charge is 0.346 e. The van der Waals surface area contributed by atoms with Crippen LogP contribution in [0.2, 0.25) is 0 Å². The molecular weight excluding hydrogens is 275 g/mol. The molecule has 1 heterocycles. The van der Waals surface area contributed by atoms with Crippen molar-refractivity contribution in [2.24, 2.45) is 0 Å². The van der Waals surface area contributed by atoms with E-state index in [-0.39, 0.29) is 11.1 Å². The molecule has 19 heavy (non-hydrogen) atoms. The summed E-state index contributed by atoms with van der Waals surface area (Å²) in [5.74, 6) is -1.54. The summed E-state index contributed by atoms with van der Waals surface area (Å²) in [5, 5.41) is 0.849. The molecule has 0 saturated carbocycles. The fraction of sp³-hybridized carbons (Fsp3) is 0. The molecule has 0 atom stereocenters. The number of hydrogen-bond donors (Lipinski definition) is 0. The standard InChI is InChI=1S/C12H5FO5S/c13-19(16,17)8-2-1-6-4-9-10(5-7(6)3-8)12(15)18-11(9)14/h1-5H. The number of fused-ring (bicyclic) bond motifs is 2. The summed E-state index contributed by atoms with van der Waals surface area (Å²) >= 11 is 0. The van der Waals surface area contributed by atoms with Gasteiger partial charge in [-0.1, -0.05) is 6.07 Å². The van der Waals surface area contributed by atoms with Crippen LogP contribution in [0, 0.1) is 0 Å². The summed E-state index contributed by atoms with van der Waals surface area (Å²) in [7, 11) is -4.82. The van der Waals surface area contributed by atoms with E-state index in [0.29, 0.717) is 10.8 Å². The van der Waals surface area contributed by atoms with Crippen molar-refractivity contribution in [2.45, 2.75) is 4.90 Å². The zero-order chi connectivity index (χ0) is 13.8. The highest BCUT2D eigenvalue weighted by Gasteiger charge is 2.30. The van der Waals surface area contributed by atoms with Gasteiger partial charge < -0.3 is 4.74 Å². The van der Waals surface area contributed by atoms with Gasteiger partial charge in [0.1, 0.15) is 0 Å². The Bertz CT molecular complexity index is 854. The number of carbonyl (C=O) groups is 2. The maximum Gasteiger partial charge on any atom is 0.346 e. The first-order valence-corrected chi connectivity index (χ1v) is 6.53. The van der Waals surface area contributed by atoms with Crippen LogP contribution in [0.15, 0.2) is 35.2 Å². The van der Waals surface area contributed by atoms with E-state index in [1.807, 2.05) is 0 Å². The van der Waals surface area contributed by atoms with Crippen molar-refractivity contribution in [1.29, 1.82) is 0 Å². The molecule has 0 bridgehead atoms. The molecule has 0 spiro atoms. The molecule has 0 aliphatic carbocycles. The number of esters is 2. The number of hydrogen-bond acceptors (Lipinski definition) is 5. The first-order chi connectivity index (χ1) is 8.86. The second-order valence-electron chi connectivity index (χ2n) is 4.02. The van der Waals surface area contributed by atoms with Gasteiger partial charge in [-0.3, -0.25) is 0 Å². The van der Waals surface area contributed by atoms with Crippen LogP contribution in [0.1, 0.15) is 20.7 Å². The minimum atomic E-state index is -4.82. The van der Waals surface area contributed by atoms with E-state index in [0.717, 1.165) is 12.1 Å². The topological polar surface area (TPSA) is 77.5 Å². The molecule has 96 valence electrons. The van der Waals surface area contributed by atoms with Crippen LogP contribution in [-0.2, 0) is 15.0 Å². The van der Waals surface area contributed by atoms with Crippen molar-refractivity contribution in [2.75, 3.05) is 0 Å². The van der Waals surface area contributed by atoms with E-state index in [2.05, 4.69) is 4.74 Å². The van der Waals surface area contributed by atoms with E-state index in [1.165, 1.54) is 18.2 Å². The Morgan fingerprint density at radius 3 is 2.05 bits per heavy atom. The summed E-state index contributed by atoms with van der Waals surface area (Å²) in [4.78, 5) is 22.2. The highest BCUT2D eigenvalue weighted by Crippen LogP contribution is 2.28. The molecule has 1 aliphatic heterocycles. The fourth-order valence-corrected chi connectivity index (χ4v) is 2.46. The quantitative estimate of drug-likeness (QED) is 0.452. The molecule has 0 radical (unpaired) electrons. The van der Waals surface area contributed by atoms with Crippen molar-refractivity contribution >= 4 is 32.9 Å². The van der Waals surface area contributed by atoms with Gasteiger partial charge in [0.15, 0.2) is 0 Å². The van der Waals surface area contributed by atoms with Gasteiger partial charge in [0.2, 0.25) is 0 Å². The van der Waals surface area contributed by atoms with Crippen molar-refractivity contribution in [3.05, 3.63) is 41.5 Å². The van der Waals surface area contributed by atoms with Crippen molar-refractivity contribution < 1.29 is 26.6 Å². The maximum absolute atomic E-state index is 12.9. The van der Waals surface area contributed by atoms with Crippen LogP contribution in [0.5, 0.6) is 0 Å². The molecule has 0 amide bonds.